The summed E-state index contributed by atoms with van der Waals surface area (Å²) in [7, 11) is 0. The number of hydrogen-bond donors (Lipinski definition) is 3. The number of nitrogens with one attached hydrogen (secondary N) is 1. The van der Waals surface area contributed by atoms with Crippen molar-refractivity contribution < 1.29 is 19.0 Å². The number of nitrogens with two attached hydrogens (primary N) is 1. The molecule has 3 rings (SSSR count). The number of amides is 2. The first-order valence-corrected chi connectivity index (χ1v) is 9.20. The van der Waals surface area contributed by atoms with Crippen LogP contribution in [0, 0.1) is 5.82 Å². The molecule has 1 heterocycles. The van der Waals surface area contributed by atoms with Gasteiger partial charge < -0.3 is 25.8 Å². The molecule has 2 amide bonds. The summed E-state index contributed by atoms with van der Waals surface area (Å²) in [5.74, 6) is 0.371. The normalized spacial score (nSPS) is 15.9. The summed E-state index contributed by atoms with van der Waals surface area (Å²) in [6, 6.07) is 12.8. The van der Waals surface area contributed by atoms with Crippen LogP contribution in [0.1, 0.15) is 0 Å². The van der Waals surface area contributed by atoms with Crippen LogP contribution in [0.3, 0.4) is 0 Å². The van der Waals surface area contributed by atoms with Crippen LogP contribution < -0.4 is 20.7 Å². The number of benzene rings is 2. The average Bonchev–Trinajstić information content (AvgIpc) is 2.68. The second kappa shape index (κ2) is 9.38. The average molecular weight is 388 g/mol. The summed E-state index contributed by atoms with van der Waals surface area (Å²) in [5.41, 5.74) is 6.53. The maximum absolute atomic E-state index is 13.4. The minimum absolute atomic E-state index is 0.173. The number of hydrogen-bond acceptors (Lipinski definition) is 5. The Morgan fingerprint density at radius 1 is 1.18 bits per heavy atom. The van der Waals surface area contributed by atoms with Gasteiger partial charge in [0.25, 0.3) is 0 Å². The van der Waals surface area contributed by atoms with E-state index in [1.54, 1.807) is 36.4 Å². The van der Waals surface area contributed by atoms with E-state index in [9.17, 15) is 14.3 Å². The van der Waals surface area contributed by atoms with E-state index >= 15 is 0 Å². The molecule has 1 fully saturated rings. The Kier molecular flexibility index (Phi) is 6.67. The SMILES string of the molecule is NC(=O)Nc1ccc(OC[C@@H](O)CN2CCN(c3cccc(F)c3)CC2)cc1. The molecule has 1 atom stereocenters. The Morgan fingerprint density at radius 2 is 1.89 bits per heavy atom. The molecule has 1 saturated heterocycles. The summed E-state index contributed by atoms with van der Waals surface area (Å²) in [5, 5.41) is 12.7. The van der Waals surface area contributed by atoms with Crippen LogP contribution in [0.25, 0.3) is 0 Å². The largest absolute Gasteiger partial charge is 0.491 e. The maximum Gasteiger partial charge on any atom is 0.316 e. The van der Waals surface area contributed by atoms with Gasteiger partial charge in [-0.3, -0.25) is 4.90 Å². The first-order valence-electron chi connectivity index (χ1n) is 9.20. The number of urea groups is 1. The van der Waals surface area contributed by atoms with Crippen molar-refractivity contribution in [2.75, 3.05) is 49.5 Å². The number of aliphatic hydroxyl groups is 1. The molecule has 8 heteroatoms. The van der Waals surface area contributed by atoms with Gasteiger partial charge in [0.05, 0.1) is 0 Å². The van der Waals surface area contributed by atoms with Gasteiger partial charge in [-0.15, -0.1) is 0 Å². The lowest BCUT2D eigenvalue weighted by molar-refractivity contribution is 0.0663. The van der Waals surface area contributed by atoms with Crippen LogP contribution >= 0.6 is 0 Å². The summed E-state index contributed by atoms with van der Waals surface area (Å²) >= 11 is 0. The first kappa shape index (κ1) is 19.9. The van der Waals surface area contributed by atoms with Crippen molar-refractivity contribution in [3.8, 4) is 5.75 Å². The summed E-state index contributed by atoms with van der Waals surface area (Å²) < 4.78 is 19.0. The van der Waals surface area contributed by atoms with Crippen molar-refractivity contribution in [1.29, 1.82) is 0 Å². The highest BCUT2D eigenvalue weighted by Crippen LogP contribution is 2.18. The van der Waals surface area contributed by atoms with Crippen LogP contribution in [0.2, 0.25) is 0 Å². The zero-order chi connectivity index (χ0) is 19.9. The van der Waals surface area contributed by atoms with Crippen LogP contribution in [0.5, 0.6) is 5.75 Å². The van der Waals surface area contributed by atoms with Crippen molar-refractivity contribution in [3.05, 3.63) is 54.3 Å². The number of rotatable bonds is 7. The monoisotopic (exact) mass is 388 g/mol. The van der Waals surface area contributed by atoms with Gasteiger partial charge >= 0.3 is 6.03 Å². The van der Waals surface area contributed by atoms with Gasteiger partial charge in [-0.05, 0) is 42.5 Å². The topological polar surface area (TPSA) is 91.1 Å². The van der Waals surface area contributed by atoms with Crippen LogP contribution in [-0.4, -0.2) is 61.5 Å². The molecule has 7 nitrogen and oxygen atoms in total. The van der Waals surface area contributed by atoms with Gasteiger partial charge in [-0.25, -0.2) is 9.18 Å². The molecule has 1 aliphatic heterocycles. The molecular formula is C20H25FN4O3. The Bertz CT molecular complexity index is 779. The Balaban J connectivity index is 1.39. The van der Waals surface area contributed by atoms with Crippen molar-refractivity contribution in [1.82, 2.24) is 4.90 Å². The Labute approximate surface area is 163 Å². The highest BCUT2D eigenvalue weighted by Gasteiger charge is 2.20. The third-order valence-corrected chi connectivity index (χ3v) is 4.58. The van der Waals surface area contributed by atoms with Gasteiger partial charge in [0.15, 0.2) is 0 Å². The second-order valence-corrected chi connectivity index (χ2v) is 6.75. The van der Waals surface area contributed by atoms with Gasteiger partial charge in [-0.1, -0.05) is 6.07 Å². The predicted octanol–water partition coefficient (Wildman–Crippen LogP) is 1.88. The summed E-state index contributed by atoms with van der Waals surface area (Å²) in [6.07, 6.45) is -0.621. The number of piperazine rings is 1. The molecule has 0 spiro atoms. The molecule has 0 unspecified atom stereocenters. The Hall–Kier alpha value is -2.84. The van der Waals surface area contributed by atoms with E-state index < -0.39 is 12.1 Å². The van der Waals surface area contributed by atoms with E-state index in [-0.39, 0.29) is 12.4 Å². The number of carbonyl (C=O) groups is 1. The molecular weight excluding hydrogens is 363 g/mol. The number of aliphatic hydroxyl groups excluding tert-OH is 1. The van der Waals surface area contributed by atoms with Crippen molar-refractivity contribution in [2.45, 2.75) is 6.10 Å². The van der Waals surface area contributed by atoms with Crippen LogP contribution in [-0.2, 0) is 0 Å². The van der Waals surface area contributed by atoms with E-state index in [0.29, 0.717) is 18.0 Å². The maximum atomic E-state index is 13.4. The van der Waals surface area contributed by atoms with E-state index in [1.807, 2.05) is 6.07 Å². The first-order chi connectivity index (χ1) is 13.5. The standard InChI is InChI=1S/C20H25FN4O3/c21-15-2-1-3-17(12-15)25-10-8-24(9-11-25)13-18(26)14-28-19-6-4-16(5-7-19)23-20(22)27/h1-7,12,18,26H,8-11,13-14H2,(H3,22,23,27)/t18-/m0/s1. The summed E-state index contributed by atoms with van der Waals surface area (Å²) in [4.78, 5) is 15.1. The number of halogens is 1. The van der Waals surface area contributed by atoms with Crippen molar-refractivity contribution in [3.63, 3.8) is 0 Å². The molecule has 0 radical (unpaired) electrons. The van der Waals surface area contributed by atoms with E-state index in [4.69, 9.17) is 10.5 Å². The van der Waals surface area contributed by atoms with Crippen LogP contribution in [0.15, 0.2) is 48.5 Å². The van der Waals surface area contributed by atoms with E-state index in [0.717, 1.165) is 31.9 Å². The quantitative estimate of drug-likeness (QED) is 0.674. The number of nitrogens with zero attached hydrogens (tertiary/aromatic N) is 2. The number of β-amino-alcohol motifs (C(OH)–C–C–N with tert-alkyl or cyclic N) is 1. The molecule has 2 aromatic carbocycles. The van der Waals surface area contributed by atoms with Gasteiger partial charge in [0.2, 0.25) is 0 Å². The third-order valence-electron chi connectivity index (χ3n) is 4.58. The van der Waals surface area contributed by atoms with Gasteiger partial charge in [-0.2, -0.15) is 0 Å². The third kappa shape index (κ3) is 5.83. The molecule has 0 aliphatic carbocycles. The molecule has 28 heavy (non-hydrogen) atoms. The predicted molar refractivity (Wildman–Crippen MR) is 106 cm³/mol. The Morgan fingerprint density at radius 3 is 2.54 bits per heavy atom. The van der Waals surface area contributed by atoms with E-state index in [2.05, 4.69) is 15.1 Å². The fourth-order valence-electron chi connectivity index (χ4n) is 3.18. The minimum atomic E-state index is -0.624. The lowest BCUT2D eigenvalue weighted by Gasteiger charge is -2.36. The molecule has 4 N–H and O–H groups in total. The molecule has 0 saturated carbocycles. The van der Waals surface area contributed by atoms with Gasteiger partial charge in [0.1, 0.15) is 24.3 Å². The number of ether oxygens (including phenoxy) is 1. The number of primary amides is 1. The molecule has 2 aromatic rings. The second-order valence-electron chi connectivity index (χ2n) is 6.75. The zero-order valence-electron chi connectivity index (χ0n) is 15.6. The zero-order valence-corrected chi connectivity index (χ0v) is 15.6. The molecule has 1 aliphatic rings. The lowest BCUT2D eigenvalue weighted by Crippen LogP contribution is -2.49. The minimum Gasteiger partial charge on any atom is -0.491 e. The summed E-state index contributed by atoms with van der Waals surface area (Å²) in [6.45, 7) is 3.84. The van der Waals surface area contributed by atoms with Gasteiger partial charge in [0, 0.05) is 44.1 Å². The molecule has 150 valence electrons. The smallest absolute Gasteiger partial charge is 0.316 e. The highest BCUT2D eigenvalue weighted by molar-refractivity contribution is 5.87. The lowest BCUT2D eigenvalue weighted by atomic mass is 10.2. The number of carbonyl (C=O) groups excluding carboxylic acids is 1. The fraction of sp³-hybridized carbons (Fsp3) is 0.350. The highest BCUT2D eigenvalue weighted by atomic mass is 19.1. The number of anilines is 2. The molecule has 0 aromatic heterocycles. The van der Waals surface area contributed by atoms with E-state index in [1.165, 1.54) is 6.07 Å². The molecule has 0 bridgehead atoms. The van der Waals surface area contributed by atoms with Crippen LogP contribution in [0.4, 0.5) is 20.6 Å². The fourth-order valence-corrected chi connectivity index (χ4v) is 3.18. The van der Waals surface area contributed by atoms with Crippen molar-refractivity contribution >= 4 is 17.4 Å². The van der Waals surface area contributed by atoms with Crippen molar-refractivity contribution in [2.24, 2.45) is 5.73 Å².